The van der Waals surface area contributed by atoms with Crippen LogP contribution < -0.4 is 0 Å². The first kappa shape index (κ1) is 16.0. The van der Waals surface area contributed by atoms with Gasteiger partial charge in [-0.05, 0) is 48.4 Å². The summed E-state index contributed by atoms with van der Waals surface area (Å²) < 4.78 is 0. The Bertz CT molecular complexity index is 630. The average Bonchev–Trinajstić information content (AvgIpc) is 3.08. The molecule has 1 N–H and O–H groups in total. The monoisotopic (exact) mass is 315 g/mol. The van der Waals surface area contributed by atoms with E-state index < -0.39 is 5.97 Å². The van der Waals surface area contributed by atoms with Crippen LogP contribution in [-0.2, 0) is 17.8 Å². The van der Waals surface area contributed by atoms with Crippen LogP contribution in [0.4, 0.5) is 0 Å². The lowest BCUT2D eigenvalue weighted by atomic mass is 9.76. The standard InChI is InChI=1S/C19H25NO3/c1-19(2,16-5-3-4-6-16)18(23)20-10-9-13-7-8-14(17(21)22)11-15(13)12-20/h7-8,11,16H,3-6,9-10,12H2,1-2H3,(H,21,22). The van der Waals surface area contributed by atoms with Crippen molar-refractivity contribution in [3.05, 3.63) is 34.9 Å². The summed E-state index contributed by atoms with van der Waals surface area (Å²) in [4.78, 5) is 26.1. The molecule has 1 saturated carbocycles. The van der Waals surface area contributed by atoms with Gasteiger partial charge in [-0.2, -0.15) is 0 Å². The summed E-state index contributed by atoms with van der Waals surface area (Å²) in [6, 6.07) is 5.27. The minimum Gasteiger partial charge on any atom is -0.478 e. The molecule has 0 radical (unpaired) electrons. The molecule has 0 unspecified atom stereocenters. The van der Waals surface area contributed by atoms with Gasteiger partial charge in [-0.25, -0.2) is 4.79 Å². The zero-order chi connectivity index (χ0) is 16.6. The molecule has 1 aliphatic heterocycles. The topological polar surface area (TPSA) is 57.6 Å². The predicted molar refractivity (Wildman–Crippen MR) is 88.3 cm³/mol. The van der Waals surface area contributed by atoms with Crippen molar-refractivity contribution in [1.29, 1.82) is 0 Å². The molecule has 1 aliphatic carbocycles. The zero-order valence-corrected chi connectivity index (χ0v) is 14.0. The highest BCUT2D eigenvalue weighted by Crippen LogP contribution is 2.41. The zero-order valence-electron chi connectivity index (χ0n) is 14.0. The summed E-state index contributed by atoms with van der Waals surface area (Å²) in [5.74, 6) is -0.222. The quantitative estimate of drug-likeness (QED) is 0.929. The Morgan fingerprint density at radius 1 is 1.17 bits per heavy atom. The molecule has 1 aromatic carbocycles. The van der Waals surface area contributed by atoms with Gasteiger partial charge < -0.3 is 10.0 Å². The van der Waals surface area contributed by atoms with E-state index in [2.05, 4.69) is 13.8 Å². The van der Waals surface area contributed by atoms with Crippen LogP contribution in [0, 0.1) is 11.3 Å². The highest BCUT2D eigenvalue weighted by Gasteiger charge is 2.41. The van der Waals surface area contributed by atoms with Gasteiger partial charge in [0.2, 0.25) is 5.91 Å². The van der Waals surface area contributed by atoms with E-state index in [1.807, 2.05) is 11.0 Å². The molecular weight excluding hydrogens is 290 g/mol. The van der Waals surface area contributed by atoms with Crippen LogP contribution in [0.25, 0.3) is 0 Å². The van der Waals surface area contributed by atoms with Crippen LogP contribution in [-0.4, -0.2) is 28.4 Å². The van der Waals surface area contributed by atoms with Gasteiger partial charge >= 0.3 is 5.97 Å². The van der Waals surface area contributed by atoms with Crippen LogP contribution in [0.15, 0.2) is 18.2 Å². The summed E-state index contributed by atoms with van der Waals surface area (Å²) in [5.41, 5.74) is 2.12. The molecule has 1 amide bonds. The molecule has 0 spiro atoms. The maximum absolute atomic E-state index is 13.0. The van der Waals surface area contributed by atoms with Gasteiger partial charge in [0, 0.05) is 18.5 Å². The second-order valence-corrected chi connectivity index (χ2v) is 7.47. The van der Waals surface area contributed by atoms with Crippen LogP contribution in [0.2, 0.25) is 0 Å². The summed E-state index contributed by atoms with van der Waals surface area (Å²) >= 11 is 0. The highest BCUT2D eigenvalue weighted by molar-refractivity contribution is 5.88. The number of nitrogens with zero attached hydrogens (tertiary/aromatic N) is 1. The van der Waals surface area contributed by atoms with E-state index in [0.717, 1.165) is 36.9 Å². The summed E-state index contributed by atoms with van der Waals surface area (Å²) in [5, 5.41) is 9.15. The van der Waals surface area contributed by atoms with E-state index >= 15 is 0 Å². The molecule has 1 aromatic rings. The minimum absolute atomic E-state index is 0.218. The second-order valence-electron chi connectivity index (χ2n) is 7.47. The number of amides is 1. The third kappa shape index (κ3) is 2.99. The average molecular weight is 315 g/mol. The first-order chi connectivity index (χ1) is 10.9. The van der Waals surface area contributed by atoms with Gasteiger partial charge in [-0.15, -0.1) is 0 Å². The Morgan fingerprint density at radius 3 is 2.52 bits per heavy atom. The fraction of sp³-hybridized carbons (Fsp3) is 0.579. The van der Waals surface area contributed by atoms with E-state index in [9.17, 15) is 9.59 Å². The molecule has 124 valence electrons. The molecule has 0 aromatic heterocycles. The normalized spacial score (nSPS) is 18.8. The molecule has 0 atom stereocenters. The van der Waals surface area contributed by atoms with Gasteiger partial charge in [-0.3, -0.25) is 4.79 Å². The Morgan fingerprint density at radius 2 is 1.87 bits per heavy atom. The summed E-state index contributed by atoms with van der Waals surface area (Å²) in [6.45, 7) is 5.42. The molecule has 23 heavy (non-hydrogen) atoms. The highest BCUT2D eigenvalue weighted by atomic mass is 16.4. The lowest BCUT2D eigenvalue weighted by molar-refractivity contribution is -0.144. The smallest absolute Gasteiger partial charge is 0.335 e. The van der Waals surface area contributed by atoms with E-state index in [1.54, 1.807) is 12.1 Å². The molecule has 4 heteroatoms. The fourth-order valence-corrected chi connectivity index (χ4v) is 4.09. The van der Waals surface area contributed by atoms with Crippen molar-refractivity contribution in [3.63, 3.8) is 0 Å². The van der Waals surface area contributed by atoms with E-state index in [-0.39, 0.29) is 11.3 Å². The molecule has 1 heterocycles. The molecule has 0 saturated heterocycles. The van der Waals surface area contributed by atoms with Crippen molar-refractivity contribution in [2.75, 3.05) is 6.54 Å². The number of benzene rings is 1. The lowest BCUT2D eigenvalue weighted by Gasteiger charge is -2.38. The van der Waals surface area contributed by atoms with Crippen molar-refractivity contribution in [1.82, 2.24) is 4.90 Å². The van der Waals surface area contributed by atoms with Crippen molar-refractivity contribution in [3.8, 4) is 0 Å². The SMILES string of the molecule is CC(C)(C(=O)N1CCc2ccc(C(=O)O)cc2C1)C1CCCC1. The number of aromatic carboxylic acids is 1. The van der Waals surface area contributed by atoms with Crippen LogP contribution in [0.3, 0.4) is 0 Å². The van der Waals surface area contributed by atoms with Gasteiger partial charge in [0.1, 0.15) is 0 Å². The van der Waals surface area contributed by atoms with Gasteiger partial charge in [0.15, 0.2) is 0 Å². The predicted octanol–water partition coefficient (Wildman–Crippen LogP) is 3.49. The van der Waals surface area contributed by atoms with E-state index in [0.29, 0.717) is 18.0 Å². The Hall–Kier alpha value is -1.84. The van der Waals surface area contributed by atoms with E-state index in [1.165, 1.54) is 12.8 Å². The molecule has 3 rings (SSSR count). The fourth-order valence-electron chi connectivity index (χ4n) is 4.09. The van der Waals surface area contributed by atoms with Crippen molar-refractivity contribution < 1.29 is 14.7 Å². The largest absolute Gasteiger partial charge is 0.478 e. The van der Waals surface area contributed by atoms with Gasteiger partial charge in [0.05, 0.1) is 5.56 Å². The first-order valence-electron chi connectivity index (χ1n) is 8.54. The number of carbonyl (C=O) groups excluding carboxylic acids is 1. The Labute approximate surface area is 137 Å². The Kier molecular flexibility index (Phi) is 4.17. The third-order valence-electron chi connectivity index (χ3n) is 5.68. The van der Waals surface area contributed by atoms with Crippen LogP contribution >= 0.6 is 0 Å². The van der Waals surface area contributed by atoms with Crippen molar-refractivity contribution in [2.24, 2.45) is 11.3 Å². The molecule has 2 aliphatic rings. The maximum Gasteiger partial charge on any atom is 0.335 e. The number of carboxylic acids is 1. The van der Waals surface area contributed by atoms with E-state index in [4.69, 9.17) is 5.11 Å². The third-order valence-corrected chi connectivity index (χ3v) is 5.68. The van der Waals surface area contributed by atoms with Crippen molar-refractivity contribution >= 4 is 11.9 Å². The van der Waals surface area contributed by atoms with Crippen LogP contribution in [0.1, 0.15) is 61.0 Å². The van der Waals surface area contributed by atoms with Crippen LogP contribution in [0.5, 0.6) is 0 Å². The summed E-state index contributed by atoms with van der Waals surface area (Å²) in [7, 11) is 0. The van der Waals surface area contributed by atoms with Crippen molar-refractivity contribution in [2.45, 2.75) is 52.5 Å². The van der Waals surface area contributed by atoms with Gasteiger partial charge in [0.25, 0.3) is 0 Å². The summed E-state index contributed by atoms with van der Waals surface area (Å²) in [6.07, 6.45) is 5.55. The molecule has 1 fully saturated rings. The Balaban J connectivity index is 1.79. The lowest BCUT2D eigenvalue weighted by Crippen LogP contribution is -2.46. The minimum atomic E-state index is -0.914. The number of hydrogen-bond acceptors (Lipinski definition) is 2. The molecule has 0 bridgehead atoms. The second kappa shape index (κ2) is 5.99. The molecular formula is C19H25NO3. The first-order valence-corrected chi connectivity index (χ1v) is 8.54. The number of hydrogen-bond donors (Lipinski definition) is 1. The number of carboxylic acid groups (broad SMARTS) is 1. The number of carbonyl (C=O) groups is 2. The molecule has 4 nitrogen and oxygen atoms in total. The number of rotatable bonds is 3. The number of fused-ring (bicyclic) bond motifs is 1. The maximum atomic E-state index is 13.0. The van der Waals surface area contributed by atoms with Gasteiger partial charge in [-0.1, -0.05) is 32.8 Å².